The molecule has 3 fully saturated rings. The molecule has 0 aromatic rings. The summed E-state index contributed by atoms with van der Waals surface area (Å²) in [6.07, 6.45) is 1.86. The van der Waals surface area contributed by atoms with Gasteiger partial charge in [0.2, 0.25) is 5.79 Å². The third-order valence-corrected chi connectivity index (χ3v) is 12.3. The Morgan fingerprint density at radius 1 is 0.964 bits per heavy atom. The number of fused-ring (bicyclic) bond motifs is 3. The molecule has 14 atom stereocenters. The number of aliphatic hydroxyl groups is 5. The lowest BCUT2D eigenvalue weighted by Gasteiger charge is -2.46. The number of carbonyl (C=O) groups excluding carboxylic acids is 4. The molecule has 310 valence electrons. The first-order chi connectivity index (χ1) is 25.9. The Morgan fingerprint density at radius 3 is 2.33 bits per heavy atom. The molecule has 1 saturated carbocycles. The minimum absolute atomic E-state index is 0.0462. The number of methoxy groups -OCH3 is 1. The molecule has 13 heteroatoms. The molecule has 0 unspecified atom stereocenters. The van der Waals surface area contributed by atoms with Crippen LogP contribution in [0.25, 0.3) is 0 Å². The number of nitrogens with zero attached hydrogens (tertiary/aromatic N) is 1. The number of esters is 1. The van der Waals surface area contributed by atoms with Gasteiger partial charge in [-0.1, -0.05) is 44.6 Å². The third-order valence-electron chi connectivity index (χ3n) is 12.3. The number of ether oxygens (including phenoxy) is 3. The van der Waals surface area contributed by atoms with Crippen molar-refractivity contribution in [2.24, 2.45) is 29.6 Å². The number of ketones is 2. The number of aliphatic hydroxyl groups excluding tert-OH is 4. The fraction of sp³-hybridized carbons (Fsp3) is 0.762. The molecule has 4 rings (SSSR count). The van der Waals surface area contributed by atoms with Crippen molar-refractivity contribution >= 4 is 23.4 Å². The van der Waals surface area contributed by atoms with Crippen LogP contribution in [0, 0.1) is 29.6 Å². The molecule has 3 heterocycles. The van der Waals surface area contributed by atoms with Gasteiger partial charge in [0.05, 0.1) is 30.5 Å². The normalized spacial score (nSPS) is 42.0. The number of hydrogen-bond donors (Lipinski definition) is 5. The summed E-state index contributed by atoms with van der Waals surface area (Å²) in [5, 5.41) is 55.0. The number of piperidine rings is 1. The first-order valence-corrected chi connectivity index (χ1v) is 20.1. The van der Waals surface area contributed by atoms with Crippen molar-refractivity contribution in [3.05, 3.63) is 36.0 Å². The highest BCUT2D eigenvalue weighted by Crippen LogP contribution is 2.38. The Labute approximate surface area is 325 Å². The van der Waals surface area contributed by atoms with Crippen LogP contribution in [0.1, 0.15) is 105 Å². The van der Waals surface area contributed by atoms with Crippen molar-refractivity contribution in [3.8, 4) is 0 Å². The Hall–Kier alpha value is -2.78. The van der Waals surface area contributed by atoms with Crippen LogP contribution in [0.3, 0.4) is 0 Å². The summed E-state index contributed by atoms with van der Waals surface area (Å²) >= 11 is 0. The highest BCUT2D eigenvalue weighted by atomic mass is 16.7. The van der Waals surface area contributed by atoms with Crippen molar-refractivity contribution in [2.75, 3.05) is 13.7 Å². The molecule has 0 aromatic carbocycles. The van der Waals surface area contributed by atoms with Crippen molar-refractivity contribution in [3.63, 3.8) is 0 Å². The Morgan fingerprint density at radius 2 is 1.67 bits per heavy atom. The fourth-order valence-corrected chi connectivity index (χ4v) is 8.98. The number of amides is 1. The summed E-state index contributed by atoms with van der Waals surface area (Å²) in [6, 6.07) is -1.19. The number of rotatable bonds is 5. The lowest BCUT2D eigenvalue weighted by molar-refractivity contribution is -0.300. The summed E-state index contributed by atoms with van der Waals surface area (Å²) in [5.41, 5.74) is 1.49. The molecule has 4 aliphatic rings. The monoisotopic (exact) mass is 775 g/mol. The van der Waals surface area contributed by atoms with Crippen LogP contribution in [0.5, 0.6) is 0 Å². The maximum atomic E-state index is 14.2. The first kappa shape index (κ1) is 44.9. The maximum absolute atomic E-state index is 14.2. The van der Waals surface area contributed by atoms with Crippen LogP contribution >= 0.6 is 0 Å². The number of cyclic esters (lactones) is 1. The second kappa shape index (κ2) is 19.6. The lowest BCUT2D eigenvalue weighted by atomic mass is 9.81. The van der Waals surface area contributed by atoms with Gasteiger partial charge in [0.1, 0.15) is 24.0 Å². The summed E-state index contributed by atoms with van der Waals surface area (Å²) in [7, 11) is 1.45. The first-order valence-electron chi connectivity index (χ1n) is 20.1. The van der Waals surface area contributed by atoms with Crippen molar-refractivity contribution < 1.29 is 58.9 Å². The quantitative estimate of drug-likeness (QED) is 0.155. The fourth-order valence-electron chi connectivity index (χ4n) is 8.98. The van der Waals surface area contributed by atoms with Crippen LogP contribution in [-0.2, 0) is 33.4 Å². The lowest BCUT2D eigenvalue weighted by Crippen LogP contribution is -2.64. The zero-order chi connectivity index (χ0) is 40.8. The molecule has 0 spiro atoms. The molecule has 1 amide bonds. The van der Waals surface area contributed by atoms with Gasteiger partial charge in [-0.25, -0.2) is 4.79 Å². The predicted octanol–water partition coefficient (Wildman–Crippen LogP) is 3.33. The van der Waals surface area contributed by atoms with Gasteiger partial charge in [-0.15, -0.1) is 6.58 Å². The van der Waals surface area contributed by atoms with Crippen LogP contribution < -0.4 is 0 Å². The van der Waals surface area contributed by atoms with Gasteiger partial charge in [-0.2, -0.15) is 0 Å². The summed E-state index contributed by atoms with van der Waals surface area (Å²) in [6.45, 7) is 12.7. The Balaban J connectivity index is 1.77. The molecule has 3 aliphatic heterocycles. The van der Waals surface area contributed by atoms with Gasteiger partial charge >= 0.3 is 5.97 Å². The molecule has 5 N–H and O–H groups in total. The molecule has 0 aromatic heterocycles. The predicted molar refractivity (Wildman–Crippen MR) is 203 cm³/mol. The highest BCUT2D eigenvalue weighted by Gasteiger charge is 2.56. The van der Waals surface area contributed by atoms with Crippen LogP contribution in [0.2, 0.25) is 0 Å². The highest BCUT2D eigenvalue weighted by molar-refractivity contribution is 6.39. The molecule has 0 radical (unpaired) electrons. The standard InChI is InChI=1S/C42H65NO12/c1-8-11-29-17-23(2)16-24(3)18-36(53-7)38-35(48)20-26(5)42(52,55-38)39(49)40(50)43-15-10-9-12-30(43)41(51)54-37(27(6)32(45)22-33(29)46)25(4)19-28-13-14-31(44)34(47)21-28/h8,17,19,24,26-32,34-38,44-45,47-48,52H,1,9-16,18,20-22H2,2-7H3/b23-17+,25-19+/t24-,26+,27+,28-,29+,30-,31+,32-,34+,35-,36-,37+,38-,42+/m0/s1. The summed E-state index contributed by atoms with van der Waals surface area (Å²) in [5.74, 6) is -8.49. The molecule has 13 nitrogen and oxygen atoms in total. The molecule has 55 heavy (non-hydrogen) atoms. The molecule has 1 aliphatic carbocycles. The van der Waals surface area contributed by atoms with Crippen molar-refractivity contribution in [2.45, 2.75) is 160 Å². The SMILES string of the molecule is C=CC[C@@H]1/C=C(\C)C[C@H](C)C[C@H](OC)[C@H]2O[C@@](O)(C(=O)C(=O)N3CCCC[C@H]3C(=O)O[C@H](/C(C)=C/[C@@H]3CC[C@@H](O)[C@H](O)C3)[C@H](C)[C@@H](O)CC1=O)[C@H](C)C[C@@H]2O. The van der Waals surface area contributed by atoms with E-state index >= 15 is 0 Å². The minimum atomic E-state index is -2.60. The van der Waals surface area contributed by atoms with E-state index in [-0.39, 0.29) is 43.4 Å². The Kier molecular flexibility index (Phi) is 16.0. The van der Waals surface area contributed by atoms with E-state index in [4.69, 9.17) is 14.2 Å². The number of allylic oxidation sites excluding steroid dienone is 4. The second-order valence-electron chi connectivity index (χ2n) is 16.9. The van der Waals surface area contributed by atoms with Crippen molar-refractivity contribution in [1.82, 2.24) is 4.90 Å². The zero-order valence-corrected chi connectivity index (χ0v) is 33.5. The average Bonchev–Trinajstić information content (AvgIpc) is 3.14. The summed E-state index contributed by atoms with van der Waals surface area (Å²) < 4.78 is 18.0. The van der Waals surface area contributed by atoms with E-state index in [1.54, 1.807) is 19.9 Å². The molecule has 2 bridgehead atoms. The van der Waals surface area contributed by atoms with Crippen LogP contribution in [0.4, 0.5) is 0 Å². The Bertz CT molecular complexity index is 1440. The van der Waals surface area contributed by atoms with Gasteiger partial charge < -0.3 is 44.6 Å². The molecule has 2 saturated heterocycles. The van der Waals surface area contributed by atoms with E-state index in [0.29, 0.717) is 56.9 Å². The van der Waals surface area contributed by atoms with Crippen molar-refractivity contribution in [1.29, 1.82) is 0 Å². The van der Waals surface area contributed by atoms with Gasteiger partial charge in [0.15, 0.2) is 0 Å². The van der Waals surface area contributed by atoms with E-state index in [2.05, 4.69) is 6.58 Å². The summed E-state index contributed by atoms with van der Waals surface area (Å²) in [4.78, 5) is 57.2. The zero-order valence-electron chi connectivity index (χ0n) is 33.5. The number of hydrogen-bond acceptors (Lipinski definition) is 12. The van der Waals surface area contributed by atoms with Gasteiger partial charge in [-0.3, -0.25) is 14.4 Å². The van der Waals surface area contributed by atoms with Gasteiger partial charge in [-0.05, 0) is 95.5 Å². The van der Waals surface area contributed by atoms with Gasteiger partial charge in [0, 0.05) is 37.8 Å². The van der Waals surface area contributed by atoms with E-state index in [9.17, 15) is 44.7 Å². The third kappa shape index (κ3) is 10.8. The van der Waals surface area contributed by atoms with Crippen LogP contribution in [0.15, 0.2) is 36.0 Å². The largest absolute Gasteiger partial charge is 0.456 e. The van der Waals surface area contributed by atoms with Gasteiger partial charge in [0.25, 0.3) is 11.7 Å². The van der Waals surface area contributed by atoms with E-state index in [1.807, 2.05) is 26.0 Å². The van der Waals surface area contributed by atoms with Crippen LogP contribution in [-0.4, -0.2) is 122 Å². The topological polar surface area (TPSA) is 200 Å². The smallest absolute Gasteiger partial charge is 0.329 e. The molecular weight excluding hydrogens is 710 g/mol. The number of Topliss-reactive ketones (excluding diaryl/α,β-unsaturated/α-hetero) is 2. The van der Waals surface area contributed by atoms with E-state index < -0.39 is 90.0 Å². The maximum Gasteiger partial charge on any atom is 0.329 e. The second-order valence-corrected chi connectivity index (χ2v) is 16.9. The average molecular weight is 776 g/mol. The number of carbonyl (C=O) groups is 4. The molecular formula is C42H65NO12. The van der Waals surface area contributed by atoms with E-state index in [1.165, 1.54) is 14.0 Å². The van der Waals surface area contributed by atoms with E-state index in [0.717, 1.165) is 10.5 Å². The minimum Gasteiger partial charge on any atom is -0.456 e.